The van der Waals surface area contributed by atoms with Gasteiger partial charge in [-0.1, -0.05) is 11.6 Å². The Morgan fingerprint density at radius 2 is 2.22 bits per heavy atom. The topological polar surface area (TPSA) is 57.6 Å². The van der Waals surface area contributed by atoms with Crippen LogP contribution < -0.4 is 0 Å². The van der Waals surface area contributed by atoms with Gasteiger partial charge in [0.25, 0.3) is 0 Å². The fourth-order valence-electron chi connectivity index (χ4n) is 2.18. The molecule has 98 valence electrons. The van der Waals surface area contributed by atoms with Crippen LogP contribution in [0, 0.1) is 0 Å². The minimum atomic E-state index is -0.910. The molecule has 1 aliphatic rings. The summed E-state index contributed by atoms with van der Waals surface area (Å²) in [6.07, 6.45) is 2.53. The van der Waals surface area contributed by atoms with Gasteiger partial charge < -0.3 is 10.0 Å². The standard InChI is InChI=1S/C12H14ClNO3S/c13-10-5-4-8(18-10)7-11(15)14-6-2-1-3-9(14)12(16)17/h4-5,9H,1-3,6-7H2,(H,16,17). The number of halogens is 1. The normalized spacial score (nSPS) is 19.8. The zero-order valence-electron chi connectivity index (χ0n) is 9.76. The molecule has 0 saturated carbocycles. The number of aliphatic carboxylic acids is 1. The fourth-order valence-corrected chi connectivity index (χ4v) is 3.26. The molecule has 1 amide bonds. The van der Waals surface area contributed by atoms with Gasteiger partial charge in [0.1, 0.15) is 6.04 Å². The first-order chi connectivity index (χ1) is 8.58. The Morgan fingerprint density at radius 1 is 1.44 bits per heavy atom. The van der Waals surface area contributed by atoms with Crippen LogP contribution in [0.5, 0.6) is 0 Å². The summed E-state index contributed by atoms with van der Waals surface area (Å²) in [5.41, 5.74) is 0. The van der Waals surface area contributed by atoms with E-state index in [2.05, 4.69) is 0 Å². The summed E-state index contributed by atoms with van der Waals surface area (Å²) in [6.45, 7) is 0.537. The summed E-state index contributed by atoms with van der Waals surface area (Å²) in [5, 5.41) is 9.12. The minimum Gasteiger partial charge on any atom is -0.480 e. The van der Waals surface area contributed by atoms with Crippen molar-refractivity contribution in [1.29, 1.82) is 0 Å². The first-order valence-electron chi connectivity index (χ1n) is 5.84. The van der Waals surface area contributed by atoms with Crippen molar-refractivity contribution < 1.29 is 14.7 Å². The van der Waals surface area contributed by atoms with Crippen molar-refractivity contribution in [3.63, 3.8) is 0 Å². The Hall–Kier alpha value is -1.07. The molecule has 2 heterocycles. The molecule has 2 rings (SSSR count). The smallest absolute Gasteiger partial charge is 0.326 e. The number of hydrogen-bond acceptors (Lipinski definition) is 3. The Bertz CT molecular complexity index is 460. The van der Waals surface area contributed by atoms with E-state index in [1.165, 1.54) is 16.2 Å². The highest BCUT2D eigenvalue weighted by Gasteiger charge is 2.31. The number of nitrogens with zero attached hydrogens (tertiary/aromatic N) is 1. The van der Waals surface area contributed by atoms with E-state index in [1.807, 2.05) is 6.07 Å². The van der Waals surface area contributed by atoms with Crippen molar-refractivity contribution in [3.05, 3.63) is 21.3 Å². The van der Waals surface area contributed by atoms with Crippen LogP contribution in [0.15, 0.2) is 12.1 Å². The molecule has 1 unspecified atom stereocenters. The fraction of sp³-hybridized carbons (Fsp3) is 0.500. The van der Waals surface area contributed by atoms with Gasteiger partial charge in [0.05, 0.1) is 10.8 Å². The first kappa shape index (κ1) is 13.4. The van der Waals surface area contributed by atoms with Gasteiger partial charge in [0, 0.05) is 11.4 Å². The summed E-state index contributed by atoms with van der Waals surface area (Å²) in [5.74, 6) is -1.03. The lowest BCUT2D eigenvalue weighted by Gasteiger charge is -2.32. The molecular formula is C12H14ClNO3S. The highest BCUT2D eigenvalue weighted by atomic mass is 35.5. The van der Waals surface area contributed by atoms with Crippen LogP contribution in [0.4, 0.5) is 0 Å². The van der Waals surface area contributed by atoms with Crippen LogP contribution in [-0.2, 0) is 16.0 Å². The summed E-state index contributed by atoms with van der Waals surface area (Å²) >= 11 is 7.17. The van der Waals surface area contributed by atoms with E-state index < -0.39 is 12.0 Å². The average molecular weight is 288 g/mol. The summed E-state index contributed by atoms with van der Waals surface area (Å²) < 4.78 is 0.645. The molecule has 1 saturated heterocycles. The number of amides is 1. The van der Waals surface area contributed by atoms with Gasteiger partial charge in [-0.2, -0.15) is 0 Å². The van der Waals surface area contributed by atoms with Crippen molar-refractivity contribution in [2.24, 2.45) is 0 Å². The number of likely N-dealkylation sites (tertiary alicyclic amines) is 1. The predicted molar refractivity (Wildman–Crippen MR) is 70.0 cm³/mol. The molecule has 1 N–H and O–H groups in total. The Balaban J connectivity index is 2.04. The number of carbonyl (C=O) groups is 2. The van der Waals surface area contributed by atoms with Crippen molar-refractivity contribution in [2.45, 2.75) is 31.7 Å². The molecule has 1 aromatic heterocycles. The molecule has 1 aromatic rings. The number of piperidine rings is 1. The van der Waals surface area contributed by atoms with Gasteiger partial charge in [-0.3, -0.25) is 4.79 Å². The zero-order valence-corrected chi connectivity index (χ0v) is 11.3. The number of hydrogen-bond donors (Lipinski definition) is 1. The van der Waals surface area contributed by atoms with Gasteiger partial charge in [0.15, 0.2) is 0 Å². The van der Waals surface area contributed by atoms with Crippen molar-refractivity contribution in [1.82, 2.24) is 4.90 Å². The summed E-state index contributed by atoms with van der Waals surface area (Å²) in [6, 6.07) is 2.89. The number of rotatable bonds is 3. The lowest BCUT2D eigenvalue weighted by Crippen LogP contribution is -2.48. The number of thiophene rings is 1. The maximum atomic E-state index is 12.1. The van der Waals surface area contributed by atoms with E-state index in [-0.39, 0.29) is 12.3 Å². The number of carbonyl (C=O) groups excluding carboxylic acids is 1. The minimum absolute atomic E-state index is 0.124. The third kappa shape index (κ3) is 3.03. The van der Waals surface area contributed by atoms with Gasteiger partial charge in [0.2, 0.25) is 5.91 Å². The van der Waals surface area contributed by atoms with E-state index in [0.717, 1.165) is 17.7 Å². The van der Waals surface area contributed by atoms with Crippen LogP contribution in [0.2, 0.25) is 4.34 Å². The van der Waals surface area contributed by atoms with Crippen LogP contribution in [0.1, 0.15) is 24.1 Å². The average Bonchev–Trinajstić information content (AvgIpc) is 2.74. The molecule has 0 radical (unpaired) electrons. The second-order valence-electron chi connectivity index (χ2n) is 4.32. The van der Waals surface area contributed by atoms with E-state index in [0.29, 0.717) is 17.3 Å². The quantitative estimate of drug-likeness (QED) is 0.929. The Kier molecular flexibility index (Phi) is 4.24. The molecule has 1 aliphatic heterocycles. The molecule has 0 aliphatic carbocycles. The summed E-state index contributed by atoms with van der Waals surface area (Å²) in [7, 11) is 0. The molecule has 4 nitrogen and oxygen atoms in total. The van der Waals surface area contributed by atoms with Gasteiger partial charge >= 0.3 is 5.97 Å². The van der Waals surface area contributed by atoms with E-state index in [9.17, 15) is 9.59 Å². The molecule has 6 heteroatoms. The highest BCUT2D eigenvalue weighted by Crippen LogP contribution is 2.24. The molecular weight excluding hydrogens is 274 g/mol. The second kappa shape index (κ2) is 5.71. The van der Waals surface area contributed by atoms with E-state index >= 15 is 0 Å². The maximum Gasteiger partial charge on any atom is 0.326 e. The van der Waals surface area contributed by atoms with Gasteiger partial charge in [-0.25, -0.2) is 4.79 Å². The van der Waals surface area contributed by atoms with Crippen LogP contribution in [0.25, 0.3) is 0 Å². The lowest BCUT2D eigenvalue weighted by molar-refractivity contribution is -0.151. The zero-order chi connectivity index (χ0) is 13.1. The van der Waals surface area contributed by atoms with Crippen LogP contribution >= 0.6 is 22.9 Å². The molecule has 0 aromatic carbocycles. The first-order valence-corrected chi connectivity index (χ1v) is 7.04. The molecule has 18 heavy (non-hydrogen) atoms. The van der Waals surface area contributed by atoms with Crippen molar-refractivity contribution in [3.8, 4) is 0 Å². The third-order valence-electron chi connectivity index (χ3n) is 3.06. The van der Waals surface area contributed by atoms with Crippen LogP contribution in [0.3, 0.4) is 0 Å². The van der Waals surface area contributed by atoms with Crippen LogP contribution in [-0.4, -0.2) is 34.5 Å². The molecule has 1 fully saturated rings. The maximum absolute atomic E-state index is 12.1. The molecule has 1 atom stereocenters. The second-order valence-corrected chi connectivity index (χ2v) is 6.12. The summed E-state index contributed by atoms with van der Waals surface area (Å²) in [4.78, 5) is 25.6. The molecule has 0 spiro atoms. The number of carboxylic acid groups (broad SMARTS) is 1. The van der Waals surface area contributed by atoms with E-state index in [4.69, 9.17) is 16.7 Å². The number of carboxylic acids is 1. The SMILES string of the molecule is O=C(O)C1CCCCN1C(=O)Cc1ccc(Cl)s1. The Morgan fingerprint density at radius 3 is 2.83 bits per heavy atom. The Labute approximate surface area is 114 Å². The molecule has 0 bridgehead atoms. The van der Waals surface area contributed by atoms with Crippen molar-refractivity contribution in [2.75, 3.05) is 6.54 Å². The monoisotopic (exact) mass is 287 g/mol. The third-order valence-corrected chi connectivity index (χ3v) is 4.29. The van der Waals surface area contributed by atoms with Crippen molar-refractivity contribution >= 4 is 34.8 Å². The van der Waals surface area contributed by atoms with Gasteiger partial charge in [-0.05, 0) is 31.4 Å². The van der Waals surface area contributed by atoms with E-state index in [1.54, 1.807) is 6.07 Å². The van der Waals surface area contributed by atoms with Gasteiger partial charge in [-0.15, -0.1) is 11.3 Å². The largest absolute Gasteiger partial charge is 0.480 e. The highest BCUT2D eigenvalue weighted by molar-refractivity contribution is 7.16. The predicted octanol–water partition coefficient (Wildman–Crippen LogP) is 2.41. The lowest BCUT2D eigenvalue weighted by atomic mass is 10.0.